The Labute approximate surface area is 117 Å². The fourth-order valence-electron chi connectivity index (χ4n) is 2.53. The third-order valence-corrected chi connectivity index (χ3v) is 3.96. The Morgan fingerprint density at radius 1 is 1.58 bits per heavy atom. The molecule has 0 radical (unpaired) electrons. The minimum Gasteiger partial charge on any atom is -0.480 e. The molecule has 5 heteroatoms. The SMILES string of the molecule is CC1CCN(Cc2cccc(Cl)c2F)C(C(=O)O)C1. The molecule has 1 aliphatic heterocycles. The molecule has 1 fully saturated rings. The van der Waals surface area contributed by atoms with Gasteiger partial charge in [-0.15, -0.1) is 0 Å². The highest BCUT2D eigenvalue weighted by Gasteiger charge is 2.32. The van der Waals surface area contributed by atoms with Crippen molar-refractivity contribution >= 4 is 17.6 Å². The van der Waals surface area contributed by atoms with Crippen LogP contribution in [0.1, 0.15) is 25.3 Å². The topological polar surface area (TPSA) is 40.5 Å². The zero-order valence-electron chi connectivity index (χ0n) is 10.8. The molecule has 104 valence electrons. The van der Waals surface area contributed by atoms with Gasteiger partial charge < -0.3 is 5.11 Å². The van der Waals surface area contributed by atoms with E-state index in [0.717, 1.165) is 6.42 Å². The fourth-order valence-corrected chi connectivity index (χ4v) is 2.72. The number of hydrogen-bond donors (Lipinski definition) is 1. The van der Waals surface area contributed by atoms with Gasteiger partial charge >= 0.3 is 5.97 Å². The summed E-state index contributed by atoms with van der Waals surface area (Å²) in [6.07, 6.45) is 1.55. The maximum Gasteiger partial charge on any atom is 0.320 e. The number of carboxylic acid groups (broad SMARTS) is 1. The number of likely N-dealkylation sites (tertiary alicyclic amines) is 1. The van der Waals surface area contributed by atoms with E-state index in [1.807, 2.05) is 11.8 Å². The zero-order chi connectivity index (χ0) is 14.0. The summed E-state index contributed by atoms with van der Waals surface area (Å²) in [5.74, 6) is -0.900. The molecule has 3 nitrogen and oxygen atoms in total. The maximum absolute atomic E-state index is 13.9. The molecule has 1 aromatic rings. The van der Waals surface area contributed by atoms with Crippen LogP contribution >= 0.6 is 11.6 Å². The van der Waals surface area contributed by atoms with Crippen molar-refractivity contribution in [2.45, 2.75) is 32.4 Å². The Hall–Kier alpha value is -1.13. The van der Waals surface area contributed by atoms with Gasteiger partial charge in [0, 0.05) is 12.1 Å². The smallest absolute Gasteiger partial charge is 0.320 e. The predicted molar refractivity (Wildman–Crippen MR) is 71.6 cm³/mol. The summed E-state index contributed by atoms with van der Waals surface area (Å²) in [5, 5.41) is 9.35. The summed E-state index contributed by atoms with van der Waals surface area (Å²) < 4.78 is 13.9. The summed E-state index contributed by atoms with van der Waals surface area (Å²) in [5.41, 5.74) is 0.452. The molecule has 1 saturated heterocycles. The Kier molecular flexibility index (Phi) is 4.42. The molecule has 2 unspecified atom stereocenters. The van der Waals surface area contributed by atoms with E-state index in [4.69, 9.17) is 11.6 Å². The van der Waals surface area contributed by atoms with Crippen molar-refractivity contribution in [1.29, 1.82) is 0 Å². The van der Waals surface area contributed by atoms with E-state index >= 15 is 0 Å². The molecule has 2 rings (SSSR count). The number of carbonyl (C=O) groups is 1. The van der Waals surface area contributed by atoms with Gasteiger partial charge in [0.25, 0.3) is 0 Å². The average molecular weight is 286 g/mol. The highest BCUT2D eigenvalue weighted by atomic mass is 35.5. The fraction of sp³-hybridized carbons (Fsp3) is 0.500. The number of rotatable bonds is 3. The van der Waals surface area contributed by atoms with Crippen molar-refractivity contribution in [3.8, 4) is 0 Å². The van der Waals surface area contributed by atoms with Crippen LogP contribution in [0.2, 0.25) is 5.02 Å². The summed E-state index contributed by atoms with van der Waals surface area (Å²) >= 11 is 5.74. The van der Waals surface area contributed by atoms with Gasteiger partial charge in [0.15, 0.2) is 0 Å². The monoisotopic (exact) mass is 285 g/mol. The van der Waals surface area contributed by atoms with Crippen molar-refractivity contribution in [3.63, 3.8) is 0 Å². The Bertz CT molecular complexity index is 481. The number of aliphatic carboxylic acids is 1. The van der Waals surface area contributed by atoms with Crippen LogP contribution in [0.5, 0.6) is 0 Å². The number of hydrogen-bond acceptors (Lipinski definition) is 2. The first kappa shape index (κ1) is 14.3. The summed E-state index contributed by atoms with van der Waals surface area (Å²) in [7, 11) is 0. The van der Waals surface area contributed by atoms with Gasteiger partial charge in [-0.3, -0.25) is 9.69 Å². The number of carboxylic acids is 1. The van der Waals surface area contributed by atoms with Gasteiger partial charge in [-0.25, -0.2) is 4.39 Å². The van der Waals surface area contributed by atoms with Gasteiger partial charge in [0.1, 0.15) is 11.9 Å². The third-order valence-electron chi connectivity index (χ3n) is 3.67. The number of benzene rings is 1. The van der Waals surface area contributed by atoms with Crippen molar-refractivity contribution in [2.24, 2.45) is 5.92 Å². The molecular weight excluding hydrogens is 269 g/mol. The standard InChI is InChI=1S/C14H17ClFNO2/c1-9-5-6-17(12(7-9)14(18)19)8-10-3-2-4-11(15)13(10)16/h2-4,9,12H,5-8H2,1H3,(H,18,19). The molecular formula is C14H17ClFNO2. The summed E-state index contributed by atoms with van der Waals surface area (Å²) in [6.45, 7) is 3.01. The van der Waals surface area contributed by atoms with Crippen molar-refractivity contribution in [1.82, 2.24) is 4.90 Å². The Morgan fingerprint density at radius 2 is 2.32 bits per heavy atom. The van der Waals surface area contributed by atoms with E-state index in [1.165, 1.54) is 6.07 Å². The van der Waals surface area contributed by atoms with Crippen LogP contribution in [0.4, 0.5) is 4.39 Å². The molecule has 0 aliphatic carbocycles. The normalized spacial score (nSPS) is 24.4. The van der Waals surface area contributed by atoms with Gasteiger partial charge in [-0.05, 0) is 31.4 Å². The van der Waals surface area contributed by atoms with Crippen LogP contribution < -0.4 is 0 Å². The Morgan fingerprint density at radius 3 is 3.00 bits per heavy atom. The van der Waals surface area contributed by atoms with E-state index in [2.05, 4.69) is 0 Å². The predicted octanol–water partition coefficient (Wildman–Crippen LogP) is 3.16. The maximum atomic E-state index is 13.9. The molecule has 0 spiro atoms. The number of piperidine rings is 1. The van der Waals surface area contributed by atoms with Crippen LogP contribution in [0.15, 0.2) is 18.2 Å². The molecule has 1 heterocycles. The van der Waals surface area contributed by atoms with E-state index < -0.39 is 17.8 Å². The first-order valence-corrected chi connectivity index (χ1v) is 6.76. The molecule has 0 aromatic heterocycles. The highest BCUT2D eigenvalue weighted by molar-refractivity contribution is 6.30. The molecule has 1 aromatic carbocycles. The van der Waals surface area contributed by atoms with Gasteiger partial charge in [0.2, 0.25) is 0 Å². The number of halogens is 2. The van der Waals surface area contributed by atoms with Crippen LogP contribution in [-0.2, 0) is 11.3 Å². The Balaban J connectivity index is 2.16. The van der Waals surface area contributed by atoms with Crippen LogP contribution in [-0.4, -0.2) is 28.6 Å². The quantitative estimate of drug-likeness (QED) is 0.927. The average Bonchev–Trinajstić information content (AvgIpc) is 2.36. The van der Waals surface area contributed by atoms with E-state index in [-0.39, 0.29) is 11.6 Å². The first-order chi connectivity index (χ1) is 8.99. The van der Waals surface area contributed by atoms with Crippen molar-refractivity contribution < 1.29 is 14.3 Å². The third kappa shape index (κ3) is 3.25. The summed E-state index contributed by atoms with van der Waals surface area (Å²) in [6, 6.07) is 4.29. The lowest BCUT2D eigenvalue weighted by atomic mass is 9.92. The molecule has 2 atom stereocenters. The van der Waals surface area contributed by atoms with Crippen LogP contribution in [0.3, 0.4) is 0 Å². The van der Waals surface area contributed by atoms with Crippen molar-refractivity contribution in [2.75, 3.05) is 6.54 Å². The highest BCUT2D eigenvalue weighted by Crippen LogP contribution is 2.26. The van der Waals surface area contributed by atoms with Crippen LogP contribution in [0.25, 0.3) is 0 Å². The van der Waals surface area contributed by atoms with E-state index in [1.54, 1.807) is 12.1 Å². The minimum absolute atomic E-state index is 0.0785. The molecule has 0 saturated carbocycles. The second-order valence-corrected chi connectivity index (χ2v) is 5.57. The largest absolute Gasteiger partial charge is 0.480 e. The zero-order valence-corrected chi connectivity index (χ0v) is 11.5. The molecule has 19 heavy (non-hydrogen) atoms. The molecule has 1 N–H and O–H groups in total. The van der Waals surface area contributed by atoms with Gasteiger partial charge in [-0.2, -0.15) is 0 Å². The van der Waals surface area contributed by atoms with E-state index in [9.17, 15) is 14.3 Å². The second-order valence-electron chi connectivity index (χ2n) is 5.17. The van der Waals surface area contributed by atoms with E-state index in [0.29, 0.717) is 24.4 Å². The van der Waals surface area contributed by atoms with Crippen molar-refractivity contribution in [3.05, 3.63) is 34.6 Å². The molecule has 0 bridgehead atoms. The molecule has 0 amide bonds. The minimum atomic E-state index is -0.839. The lowest BCUT2D eigenvalue weighted by Gasteiger charge is -2.36. The van der Waals surface area contributed by atoms with Gasteiger partial charge in [-0.1, -0.05) is 30.7 Å². The molecule has 1 aliphatic rings. The lowest BCUT2D eigenvalue weighted by Crippen LogP contribution is -2.46. The number of nitrogens with zero attached hydrogens (tertiary/aromatic N) is 1. The summed E-state index contributed by atoms with van der Waals surface area (Å²) in [4.78, 5) is 13.1. The van der Waals surface area contributed by atoms with Crippen LogP contribution in [0, 0.1) is 11.7 Å². The lowest BCUT2D eigenvalue weighted by molar-refractivity contribution is -0.145. The van der Waals surface area contributed by atoms with Gasteiger partial charge in [0.05, 0.1) is 5.02 Å². The second kappa shape index (κ2) is 5.88. The first-order valence-electron chi connectivity index (χ1n) is 6.38.